The molecule has 0 aromatic carbocycles. The van der Waals surface area contributed by atoms with Crippen molar-refractivity contribution in [2.75, 3.05) is 5.73 Å². The Kier molecular flexibility index (Phi) is 1.53. The molecule has 2 N–H and O–H groups in total. The number of aryl methyl sites for hydroxylation is 1. The number of anilines is 1. The average Bonchev–Trinajstić information content (AvgIpc) is 1.80. The van der Waals surface area contributed by atoms with E-state index in [4.69, 9.17) is 17.3 Å². The summed E-state index contributed by atoms with van der Waals surface area (Å²) in [5.41, 5.74) is 5.32. The van der Waals surface area contributed by atoms with Crippen LogP contribution in [-0.4, -0.2) is 4.98 Å². The van der Waals surface area contributed by atoms with E-state index in [9.17, 15) is 0 Å². The Morgan fingerprint density at radius 2 is 2.44 bits per heavy atom. The maximum Gasteiger partial charge on any atom is 0.289 e. The lowest BCUT2D eigenvalue weighted by atomic mass is 10.6. The Morgan fingerprint density at radius 3 is 2.89 bits per heavy atom. The van der Waals surface area contributed by atoms with E-state index in [1.807, 2.05) is 0 Å². The normalized spacial score (nSPS) is 9.56. The van der Waals surface area contributed by atoms with Gasteiger partial charge >= 0.3 is 0 Å². The molecule has 1 aromatic rings. The second-order valence-electron chi connectivity index (χ2n) is 1.75. The Labute approximate surface area is 58.1 Å². The highest BCUT2D eigenvalue weighted by molar-refractivity contribution is 6.28. The smallest absolute Gasteiger partial charge is 0.289 e. The minimum absolute atomic E-state index is 0.443. The zero-order valence-electron chi connectivity index (χ0n) is 5.00. The topological polar surface area (TPSA) is 42.8 Å². The molecule has 9 heavy (non-hydrogen) atoms. The lowest BCUT2D eigenvalue weighted by molar-refractivity contribution is -0.672. The van der Waals surface area contributed by atoms with Gasteiger partial charge in [0.25, 0.3) is 6.33 Å². The van der Waals surface area contributed by atoms with Crippen LogP contribution < -0.4 is 10.3 Å². The standard InChI is InChI=1S/C5H6ClN3/c1-9-3-8-5(7)2-4(9)6/h2-3,7H,1H3/p+1. The molecule has 0 saturated heterocycles. The molecule has 0 aliphatic heterocycles. The molecule has 0 radical (unpaired) electrons. The molecule has 1 heterocycles. The van der Waals surface area contributed by atoms with Crippen molar-refractivity contribution in [2.45, 2.75) is 0 Å². The van der Waals surface area contributed by atoms with Crippen LogP contribution in [0.2, 0.25) is 5.15 Å². The second-order valence-corrected chi connectivity index (χ2v) is 2.13. The van der Waals surface area contributed by atoms with Crippen LogP contribution in [-0.2, 0) is 7.05 Å². The third-order valence-corrected chi connectivity index (χ3v) is 1.36. The van der Waals surface area contributed by atoms with Gasteiger partial charge < -0.3 is 5.73 Å². The maximum absolute atomic E-state index is 5.66. The third-order valence-electron chi connectivity index (χ3n) is 0.984. The Morgan fingerprint density at radius 1 is 1.78 bits per heavy atom. The third kappa shape index (κ3) is 1.29. The zero-order valence-corrected chi connectivity index (χ0v) is 5.76. The second kappa shape index (κ2) is 2.19. The fourth-order valence-corrected chi connectivity index (χ4v) is 0.625. The summed E-state index contributed by atoms with van der Waals surface area (Å²) in [7, 11) is 1.80. The first-order valence-corrected chi connectivity index (χ1v) is 2.84. The Hall–Kier alpha value is -0.830. The maximum atomic E-state index is 5.66. The summed E-state index contributed by atoms with van der Waals surface area (Å²) < 4.78 is 1.68. The van der Waals surface area contributed by atoms with Gasteiger partial charge in [-0.25, -0.2) is 4.57 Å². The summed E-state index contributed by atoms with van der Waals surface area (Å²) in [5, 5.41) is 0.586. The number of hydrogen-bond acceptors (Lipinski definition) is 2. The van der Waals surface area contributed by atoms with Crippen molar-refractivity contribution < 1.29 is 4.57 Å². The van der Waals surface area contributed by atoms with Gasteiger partial charge in [-0.05, 0) is 16.6 Å². The van der Waals surface area contributed by atoms with Crippen LogP contribution in [0.15, 0.2) is 12.4 Å². The van der Waals surface area contributed by atoms with Gasteiger partial charge in [-0.2, -0.15) is 0 Å². The Balaban J connectivity index is 3.17. The minimum atomic E-state index is 0.443. The fraction of sp³-hybridized carbons (Fsp3) is 0.200. The summed E-state index contributed by atoms with van der Waals surface area (Å²) in [6.45, 7) is 0. The number of nitrogen functional groups attached to an aromatic ring is 1. The van der Waals surface area contributed by atoms with Crippen LogP contribution in [0.1, 0.15) is 0 Å². The van der Waals surface area contributed by atoms with Crippen LogP contribution >= 0.6 is 11.6 Å². The quantitative estimate of drug-likeness (QED) is 0.416. The molecule has 0 saturated carbocycles. The predicted molar refractivity (Wildman–Crippen MR) is 34.8 cm³/mol. The molecule has 0 atom stereocenters. The lowest BCUT2D eigenvalue weighted by Crippen LogP contribution is -2.29. The summed E-state index contributed by atoms with van der Waals surface area (Å²) in [6, 6.07) is 1.60. The summed E-state index contributed by atoms with van der Waals surface area (Å²) in [6.07, 6.45) is 1.57. The van der Waals surface area contributed by atoms with E-state index < -0.39 is 0 Å². The lowest BCUT2D eigenvalue weighted by Gasteiger charge is -1.89. The van der Waals surface area contributed by atoms with E-state index in [0.717, 1.165) is 0 Å². The van der Waals surface area contributed by atoms with Gasteiger partial charge in [0.1, 0.15) is 0 Å². The van der Waals surface area contributed by atoms with Crippen molar-refractivity contribution in [3.05, 3.63) is 17.5 Å². The monoisotopic (exact) mass is 144 g/mol. The van der Waals surface area contributed by atoms with E-state index in [1.54, 1.807) is 24.0 Å². The summed E-state index contributed by atoms with van der Waals surface area (Å²) in [5.74, 6) is 0.443. The zero-order chi connectivity index (χ0) is 6.85. The molecule has 1 aromatic heterocycles. The molecule has 1 rings (SSSR count). The summed E-state index contributed by atoms with van der Waals surface area (Å²) in [4.78, 5) is 3.80. The van der Waals surface area contributed by atoms with Crippen molar-refractivity contribution >= 4 is 17.4 Å². The number of nitrogens with two attached hydrogens (primary N) is 1. The molecule has 0 aliphatic rings. The number of aromatic nitrogens is 2. The van der Waals surface area contributed by atoms with Crippen molar-refractivity contribution in [2.24, 2.45) is 7.05 Å². The molecule has 0 aliphatic carbocycles. The molecule has 0 spiro atoms. The molecule has 0 fully saturated rings. The van der Waals surface area contributed by atoms with E-state index >= 15 is 0 Å². The van der Waals surface area contributed by atoms with Gasteiger partial charge in [-0.3, -0.25) is 0 Å². The van der Waals surface area contributed by atoms with Crippen LogP contribution in [0.25, 0.3) is 0 Å². The van der Waals surface area contributed by atoms with Gasteiger partial charge in [-0.15, -0.1) is 0 Å². The Bertz CT molecular complexity index is 223. The number of rotatable bonds is 0. The molecule has 0 amide bonds. The van der Waals surface area contributed by atoms with Crippen LogP contribution in [0.3, 0.4) is 0 Å². The number of hydrogen-bond donors (Lipinski definition) is 1. The molecule has 0 unspecified atom stereocenters. The van der Waals surface area contributed by atoms with Crippen molar-refractivity contribution in [1.82, 2.24) is 4.98 Å². The number of halogens is 1. The predicted octanol–water partition coefficient (Wildman–Crippen LogP) is 0.142. The highest BCUT2D eigenvalue weighted by atomic mass is 35.5. The highest BCUT2D eigenvalue weighted by Gasteiger charge is 2.00. The number of nitrogens with zero attached hydrogens (tertiary/aromatic N) is 2. The molecule has 3 nitrogen and oxygen atoms in total. The molecule has 0 bridgehead atoms. The van der Waals surface area contributed by atoms with Gasteiger partial charge in [-0.1, -0.05) is 0 Å². The summed E-state index contributed by atoms with van der Waals surface area (Å²) >= 11 is 5.66. The first-order valence-electron chi connectivity index (χ1n) is 2.47. The van der Waals surface area contributed by atoms with E-state index in [-0.39, 0.29) is 0 Å². The van der Waals surface area contributed by atoms with Gasteiger partial charge in [0.15, 0.2) is 0 Å². The molecule has 4 heteroatoms. The van der Waals surface area contributed by atoms with Crippen molar-refractivity contribution in [3.8, 4) is 0 Å². The van der Waals surface area contributed by atoms with Gasteiger partial charge in [0.05, 0.1) is 13.1 Å². The first kappa shape index (κ1) is 6.29. The van der Waals surface area contributed by atoms with E-state index in [0.29, 0.717) is 11.0 Å². The average molecular weight is 145 g/mol. The van der Waals surface area contributed by atoms with Crippen LogP contribution in [0.5, 0.6) is 0 Å². The SMILES string of the molecule is C[n+]1cnc(N)cc1Cl. The highest BCUT2D eigenvalue weighted by Crippen LogP contribution is 2.01. The van der Waals surface area contributed by atoms with Gasteiger partial charge in [0.2, 0.25) is 11.0 Å². The fourth-order valence-electron chi connectivity index (χ4n) is 0.470. The van der Waals surface area contributed by atoms with E-state index in [2.05, 4.69) is 4.98 Å². The molecule has 48 valence electrons. The van der Waals surface area contributed by atoms with Gasteiger partial charge in [0, 0.05) is 0 Å². The van der Waals surface area contributed by atoms with Crippen molar-refractivity contribution in [1.29, 1.82) is 0 Å². The van der Waals surface area contributed by atoms with Crippen LogP contribution in [0, 0.1) is 0 Å². The van der Waals surface area contributed by atoms with Crippen molar-refractivity contribution in [3.63, 3.8) is 0 Å². The first-order chi connectivity index (χ1) is 4.20. The molecular formula is C5H7ClN3+. The molecular weight excluding hydrogens is 138 g/mol. The minimum Gasteiger partial charge on any atom is -0.363 e. The van der Waals surface area contributed by atoms with Crippen LogP contribution in [0.4, 0.5) is 5.82 Å². The largest absolute Gasteiger partial charge is 0.363 e. The van der Waals surface area contributed by atoms with E-state index in [1.165, 1.54) is 0 Å².